The minimum absolute atomic E-state index is 0.0995. The standard InChI is InChI=1S/C13H16O/c1-9(2)7-13(14)12-6-5-10(3)8-11(12)4/h5-8H,1-4H3. The first-order valence-electron chi connectivity index (χ1n) is 4.77. The molecule has 0 fully saturated rings. The quantitative estimate of drug-likeness (QED) is 0.513. The van der Waals surface area contributed by atoms with Gasteiger partial charge in [0.1, 0.15) is 0 Å². The summed E-state index contributed by atoms with van der Waals surface area (Å²) in [6.45, 7) is 7.87. The summed E-state index contributed by atoms with van der Waals surface area (Å²) in [6, 6.07) is 5.90. The van der Waals surface area contributed by atoms with Gasteiger partial charge in [-0.1, -0.05) is 29.3 Å². The molecule has 0 unspecified atom stereocenters. The number of carbonyl (C=O) groups is 1. The van der Waals surface area contributed by atoms with Crippen molar-refractivity contribution >= 4 is 5.78 Å². The highest BCUT2D eigenvalue weighted by atomic mass is 16.1. The molecule has 0 N–H and O–H groups in total. The van der Waals surface area contributed by atoms with Gasteiger partial charge in [-0.3, -0.25) is 4.79 Å². The van der Waals surface area contributed by atoms with Crippen LogP contribution in [0, 0.1) is 13.8 Å². The van der Waals surface area contributed by atoms with Crippen molar-refractivity contribution in [2.75, 3.05) is 0 Å². The summed E-state index contributed by atoms with van der Waals surface area (Å²) >= 11 is 0. The Morgan fingerprint density at radius 2 is 1.86 bits per heavy atom. The third kappa shape index (κ3) is 2.56. The molecule has 0 bridgehead atoms. The predicted octanol–water partition coefficient (Wildman–Crippen LogP) is 3.45. The fourth-order valence-corrected chi connectivity index (χ4v) is 1.43. The predicted molar refractivity (Wildman–Crippen MR) is 59.7 cm³/mol. The van der Waals surface area contributed by atoms with E-state index in [0.717, 1.165) is 16.7 Å². The molecule has 0 aliphatic carbocycles. The lowest BCUT2D eigenvalue weighted by Gasteiger charge is -2.03. The largest absolute Gasteiger partial charge is 0.289 e. The van der Waals surface area contributed by atoms with Gasteiger partial charge >= 0.3 is 0 Å². The summed E-state index contributed by atoms with van der Waals surface area (Å²) < 4.78 is 0. The maximum atomic E-state index is 11.7. The number of hydrogen-bond donors (Lipinski definition) is 0. The van der Waals surface area contributed by atoms with Crippen LogP contribution in [0.25, 0.3) is 0 Å². The van der Waals surface area contributed by atoms with Crippen LogP contribution in [0.2, 0.25) is 0 Å². The van der Waals surface area contributed by atoms with Gasteiger partial charge in [0, 0.05) is 5.56 Å². The van der Waals surface area contributed by atoms with Gasteiger partial charge in [0.25, 0.3) is 0 Å². The zero-order valence-corrected chi connectivity index (χ0v) is 9.22. The smallest absolute Gasteiger partial charge is 0.186 e. The van der Waals surface area contributed by atoms with Crippen molar-refractivity contribution in [3.63, 3.8) is 0 Å². The van der Waals surface area contributed by atoms with Crippen LogP contribution in [0.3, 0.4) is 0 Å². The number of ketones is 1. The Labute approximate surface area is 85.5 Å². The molecular formula is C13H16O. The lowest BCUT2D eigenvalue weighted by molar-refractivity contribution is 0.104. The fourth-order valence-electron chi connectivity index (χ4n) is 1.43. The van der Waals surface area contributed by atoms with Gasteiger partial charge in [-0.2, -0.15) is 0 Å². The van der Waals surface area contributed by atoms with Gasteiger partial charge in [0.2, 0.25) is 0 Å². The monoisotopic (exact) mass is 188 g/mol. The molecule has 0 spiro atoms. The zero-order valence-electron chi connectivity index (χ0n) is 9.22. The van der Waals surface area contributed by atoms with Crippen molar-refractivity contribution < 1.29 is 4.79 Å². The lowest BCUT2D eigenvalue weighted by atomic mass is 10.0. The van der Waals surface area contributed by atoms with E-state index in [1.165, 1.54) is 5.56 Å². The second kappa shape index (κ2) is 4.23. The van der Waals surface area contributed by atoms with Gasteiger partial charge in [-0.05, 0) is 39.3 Å². The van der Waals surface area contributed by atoms with Crippen LogP contribution in [0.5, 0.6) is 0 Å². The molecule has 0 aromatic heterocycles. The van der Waals surface area contributed by atoms with Crippen LogP contribution >= 0.6 is 0 Å². The molecule has 0 saturated heterocycles. The molecule has 0 aliphatic heterocycles. The van der Waals surface area contributed by atoms with Gasteiger partial charge in [0.15, 0.2) is 5.78 Å². The highest BCUT2D eigenvalue weighted by molar-refractivity contribution is 6.05. The average Bonchev–Trinajstić information content (AvgIpc) is 2.01. The number of benzene rings is 1. The summed E-state index contributed by atoms with van der Waals surface area (Å²) in [5, 5.41) is 0. The SMILES string of the molecule is CC(C)=CC(=O)c1ccc(C)cc1C. The van der Waals surface area contributed by atoms with Gasteiger partial charge in [-0.15, -0.1) is 0 Å². The van der Waals surface area contributed by atoms with Crippen molar-refractivity contribution in [2.24, 2.45) is 0 Å². The number of hydrogen-bond acceptors (Lipinski definition) is 1. The van der Waals surface area contributed by atoms with Gasteiger partial charge < -0.3 is 0 Å². The summed E-state index contributed by atoms with van der Waals surface area (Å²) in [5.74, 6) is 0.0995. The molecule has 0 aliphatic rings. The number of allylic oxidation sites excluding steroid dienone is 2. The summed E-state index contributed by atoms with van der Waals surface area (Å²) in [5.41, 5.74) is 4.08. The topological polar surface area (TPSA) is 17.1 Å². The highest BCUT2D eigenvalue weighted by Crippen LogP contribution is 2.12. The maximum Gasteiger partial charge on any atom is 0.186 e. The molecule has 0 amide bonds. The molecule has 1 nitrogen and oxygen atoms in total. The second-order valence-electron chi connectivity index (χ2n) is 3.90. The van der Waals surface area contributed by atoms with Crippen LogP contribution in [0.1, 0.15) is 35.3 Å². The third-order valence-electron chi connectivity index (χ3n) is 2.07. The minimum atomic E-state index is 0.0995. The van der Waals surface area contributed by atoms with E-state index in [-0.39, 0.29) is 5.78 Å². The molecule has 74 valence electrons. The Balaban J connectivity index is 3.08. The van der Waals surface area contributed by atoms with E-state index in [9.17, 15) is 4.79 Å². The second-order valence-corrected chi connectivity index (χ2v) is 3.90. The molecule has 0 heterocycles. The Morgan fingerprint density at radius 1 is 1.21 bits per heavy atom. The lowest BCUT2D eigenvalue weighted by Crippen LogP contribution is -1.98. The van der Waals surface area contributed by atoms with Crippen LogP contribution in [-0.4, -0.2) is 5.78 Å². The number of carbonyl (C=O) groups excluding carboxylic acids is 1. The molecule has 14 heavy (non-hydrogen) atoms. The first kappa shape index (κ1) is 10.7. The maximum absolute atomic E-state index is 11.7. The fraction of sp³-hybridized carbons (Fsp3) is 0.308. The first-order chi connectivity index (χ1) is 6.50. The van der Waals surface area contributed by atoms with E-state index in [4.69, 9.17) is 0 Å². The zero-order chi connectivity index (χ0) is 10.7. The van der Waals surface area contributed by atoms with Crippen molar-refractivity contribution in [1.82, 2.24) is 0 Å². The Kier molecular flexibility index (Phi) is 3.23. The van der Waals surface area contributed by atoms with Gasteiger partial charge in [0.05, 0.1) is 0 Å². The van der Waals surface area contributed by atoms with E-state index < -0.39 is 0 Å². The highest BCUT2D eigenvalue weighted by Gasteiger charge is 2.05. The van der Waals surface area contributed by atoms with Crippen LogP contribution < -0.4 is 0 Å². The Morgan fingerprint density at radius 3 is 2.36 bits per heavy atom. The van der Waals surface area contributed by atoms with E-state index in [1.54, 1.807) is 6.08 Å². The van der Waals surface area contributed by atoms with Crippen molar-refractivity contribution in [2.45, 2.75) is 27.7 Å². The first-order valence-corrected chi connectivity index (χ1v) is 4.77. The molecule has 1 rings (SSSR count). The summed E-state index contributed by atoms with van der Waals surface area (Å²) in [6.07, 6.45) is 1.68. The van der Waals surface area contributed by atoms with Gasteiger partial charge in [-0.25, -0.2) is 0 Å². The Hall–Kier alpha value is -1.37. The molecule has 1 aromatic rings. The van der Waals surface area contributed by atoms with Crippen LogP contribution in [0.15, 0.2) is 29.8 Å². The van der Waals surface area contributed by atoms with E-state index in [2.05, 4.69) is 0 Å². The van der Waals surface area contributed by atoms with E-state index in [0.29, 0.717) is 0 Å². The van der Waals surface area contributed by atoms with E-state index >= 15 is 0 Å². The molecule has 0 saturated carbocycles. The van der Waals surface area contributed by atoms with Crippen LogP contribution in [0.4, 0.5) is 0 Å². The molecule has 1 aromatic carbocycles. The number of aryl methyl sites for hydroxylation is 2. The molecule has 0 atom stereocenters. The van der Waals surface area contributed by atoms with Crippen LogP contribution in [-0.2, 0) is 0 Å². The van der Waals surface area contributed by atoms with Crippen molar-refractivity contribution in [3.8, 4) is 0 Å². The molecular weight excluding hydrogens is 172 g/mol. The van der Waals surface area contributed by atoms with Crippen molar-refractivity contribution in [1.29, 1.82) is 0 Å². The number of rotatable bonds is 2. The average molecular weight is 188 g/mol. The Bertz CT molecular complexity index is 382. The third-order valence-corrected chi connectivity index (χ3v) is 2.07. The minimum Gasteiger partial charge on any atom is -0.289 e. The normalized spacial score (nSPS) is 9.71. The molecule has 1 heteroatoms. The van der Waals surface area contributed by atoms with E-state index in [1.807, 2.05) is 45.9 Å². The summed E-state index contributed by atoms with van der Waals surface area (Å²) in [4.78, 5) is 11.7. The van der Waals surface area contributed by atoms with Crippen molar-refractivity contribution in [3.05, 3.63) is 46.5 Å². The molecule has 0 radical (unpaired) electrons. The summed E-state index contributed by atoms with van der Waals surface area (Å²) in [7, 11) is 0.